The van der Waals surface area contributed by atoms with E-state index in [1.165, 1.54) is 0 Å². The molecule has 0 aliphatic heterocycles. The maximum absolute atomic E-state index is 12.6. The minimum absolute atomic E-state index is 0.210. The van der Waals surface area contributed by atoms with Crippen molar-refractivity contribution in [2.24, 2.45) is 0 Å². The van der Waals surface area contributed by atoms with Gasteiger partial charge >= 0.3 is 0 Å². The van der Waals surface area contributed by atoms with Gasteiger partial charge in [0.25, 0.3) is 10.0 Å². The molecule has 0 fully saturated rings. The van der Waals surface area contributed by atoms with Gasteiger partial charge in [-0.25, -0.2) is 8.42 Å². The molecule has 3 aromatic carbocycles. The van der Waals surface area contributed by atoms with Crippen molar-refractivity contribution < 1.29 is 8.42 Å². The van der Waals surface area contributed by atoms with Crippen LogP contribution in [0.1, 0.15) is 0 Å². The lowest BCUT2D eigenvalue weighted by atomic mass is 10.1. The Bertz CT molecular complexity index is 955. The number of benzene rings is 3. The third-order valence-corrected chi connectivity index (χ3v) is 6.31. The topological polar surface area (TPSA) is 46.2 Å². The van der Waals surface area contributed by atoms with Crippen molar-refractivity contribution in [2.45, 2.75) is 4.90 Å². The van der Waals surface area contributed by atoms with Gasteiger partial charge in [0.1, 0.15) is 4.90 Å². The molecule has 22 heavy (non-hydrogen) atoms. The van der Waals surface area contributed by atoms with Crippen LogP contribution in [0.15, 0.2) is 74.5 Å². The first kappa shape index (κ1) is 15.5. The van der Waals surface area contributed by atoms with Crippen molar-refractivity contribution in [3.8, 4) is 0 Å². The first-order valence-corrected chi connectivity index (χ1v) is 9.50. The molecule has 0 bridgehead atoms. The molecule has 0 atom stereocenters. The molecule has 112 valence electrons. The van der Waals surface area contributed by atoms with E-state index in [1.807, 2.05) is 30.3 Å². The third kappa shape index (κ3) is 2.91. The van der Waals surface area contributed by atoms with Gasteiger partial charge in [-0.1, -0.05) is 52.3 Å². The van der Waals surface area contributed by atoms with Crippen molar-refractivity contribution in [2.75, 3.05) is 4.72 Å². The molecule has 0 aliphatic rings. The predicted octanol–water partition coefficient (Wildman–Crippen LogP) is 5.17. The smallest absolute Gasteiger partial charge is 0.263 e. The number of rotatable bonds is 3. The van der Waals surface area contributed by atoms with Gasteiger partial charge in [0, 0.05) is 14.3 Å². The fraction of sp³-hybridized carbons (Fsp3) is 0. The first-order valence-electron chi connectivity index (χ1n) is 6.43. The van der Waals surface area contributed by atoms with Crippen molar-refractivity contribution >= 4 is 58.3 Å². The van der Waals surface area contributed by atoms with Gasteiger partial charge in [0.2, 0.25) is 0 Å². The molecule has 0 saturated heterocycles. The van der Waals surface area contributed by atoms with Gasteiger partial charge in [0.15, 0.2) is 0 Å². The Morgan fingerprint density at radius 2 is 1.36 bits per heavy atom. The van der Waals surface area contributed by atoms with Crippen molar-refractivity contribution in [3.05, 3.63) is 69.6 Å². The van der Waals surface area contributed by atoms with Gasteiger partial charge in [0.05, 0.1) is 5.69 Å². The molecule has 3 nitrogen and oxygen atoms in total. The number of anilines is 1. The number of hydrogen-bond acceptors (Lipinski definition) is 2. The van der Waals surface area contributed by atoms with E-state index in [4.69, 9.17) is 0 Å². The fourth-order valence-corrected chi connectivity index (χ4v) is 4.78. The number of nitrogens with one attached hydrogen (secondary N) is 1. The average Bonchev–Trinajstić information content (AvgIpc) is 2.50. The highest BCUT2D eigenvalue weighted by molar-refractivity contribution is 9.11. The average molecular weight is 441 g/mol. The van der Waals surface area contributed by atoms with Crippen LogP contribution in [0.25, 0.3) is 10.8 Å². The molecule has 0 heterocycles. The summed E-state index contributed by atoms with van der Waals surface area (Å²) < 4.78 is 29.3. The Morgan fingerprint density at radius 1 is 0.727 bits per heavy atom. The minimum Gasteiger partial charge on any atom is -0.279 e. The minimum atomic E-state index is -3.66. The van der Waals surface area contributed by atoms with Gasteiger partial charge < -0.3 is 0 Å². The SMILES string of the molecule is O=S(=O)(Nc1ccc(Br)c2ccccc12)c1ccccc1Br. The predicted molar refractivity (Wildman–Crippen MR) is 96.6 cm³/mol. The van der Waals surface area contributed by atoms with Crippen LogP contribution in [-0.4, -0.2) is 8.42 Å². The lowest BCUT2D eigenvalue weighted by molar-refractivity contribution is 0.601. The van der Waals surface area contributed by atoms with Crippen molar-refractivity contribution in [1.82, 2.24) is 0 Å². The highest BCUT2D eigenvalue weighted by Crippen LogP contribution is 2.32. The lowest BCUT2D eigenvalue weighted by Gasteiger charge is -2.12. The summed E-state index contributed by atoms with van der Waals surface area (Å²) in [6, 6.07) is 17.9. The summed E-state index contributed by atoms with van der Waals surface area (Å²) in [7, 11) is -3.66. The van der Waals surface area contributed by atoms with Gasteiger partial charge in [-0.05, 0) is 45.6 Å². The van der Waals surface area contributed by atoms with Crippen LogP contribution in [0.3, 0.4) is 0 Å². The van der Waals surface area contributed by atoms with Gasteiger partial charge in [-0.15, -0.1) is 0 Å². The van der Waals surface area contributed by atoms with Crippen LogP contribution in [0, 0.1) is 0 Å². The lowest BCUT2D eigenvalue weighted by Crippen LogP contribution is -2.13. The molecule has 0 unspecified atom stereocenters. The fourth-order valence-electron chi connectivity index (χ4n) is 2.21. The molecule has 0 radical (unpaired) electrons. The van der Waals surface area contributed by atoms with E-state index >= 15 is 0 Å². The monoisotopic (exact) mass is 439 g/mol. The zero-order chi connectivity index (χ0) is 15.7. The largest absolute Gasteiger partial charge is 0.279 e. The number of fused-ring (bicyclic) bond motifs is 1. The van der Waals surface area contributed by atoms with E-state index in [9.17, 15) is 8.42 Å². The van der Waals surface area contributed by atoms with Crippen LogP contribution in [0.2, 0.25) is 0 Å². The van der Waals surface area contributed by atoms with E-state index < -0.39 is 10.0 Å². The molecule has 0 aliphatic carbocycles. The Labute approximate surface area is 145 Å². The second-order valence-corrected chi connectivity index (χ2v) is 8.04. The quantitative estimate of drug-likeness (QED) is 0.610. The Balaban J connectivity index is 2.11. The van der Waals surface area contributed by atoms with E-state index in [0.29, 0.717) is 10.2 Å². The molecule has 0 aromatic heterocycles. The second kappa shape index (κ2) is 6.02. The van der Waals surface area contributed by atoms with Crippen LogP contribution in [0.4, 0.5) is 5.69 Å². The number of hydrogen-bond donors (Lipinski definition) is 1. The zero-order valence-electron chi connectivity index (χ0n) is 11.3. The summed E-state index contributed by atoms with van der Waals surface area (Å²) in [5.41, 5.74) is 0.551. The van der Waals surface area contributed by atoms with E-state index in [-0.39, 0.29) is 4.90 Å². The number of halogens is 2. The molecule has 0 spiro atoms. The second-order valence-electron chi connectivity index (χ2n) is 4.68. The van der Waals surface area contributed by atoms with Crippen molar-refractivity contribution in [3.63, 3.8) is 0 Å². The summed E-state index contributed by atoms with van der Waals surface area (Å²) in [4.78, 5) is 0.210. The van der Waals surface area contributed by atoms with Crippen LogP contribution < -0.4 is 4.72 Å². The first-order chi connectivity index (χ1) is 10.5. The van der Waals surface area contributed by atoms with E-state index in [0.717, 1.165) is 15.2 Å². The summed E-state index contributed by atoms with van der Waals surface area (Å²) in [6.07, 6.45) is 0. The molecule has 1 N–H and O–H groups in total. The standard InChI is InChI=1S/C16H11Br2NO2S/c17-13-9-10-15(12-6-2-1-5-11(12)13)19-22(20,21)16-8-4-3-7-14(16)18/h1-10,19H. The highest BCUT2D eigenvalue weighted by atomic mass is 79.9. The zero-order valence-corrected chi connectivity index (χ0v) is 15.2. The maximum atomic E-state index is 12.6. The Morgan fingerprint density at radius 3 is 2.09 bits per heavy atom. The molecular formula is C16H11Br2NO2S. The Kier molecular flexibility index (Phi) is 4.25. The maximum Gasteiger partial charge on any atom is 0.263 e. The van der Waals surface area contributed by atoms with Crippen LogP contribution >= 0.6 is 31.9 Å². The molecule has 0 saturated carbocycles. The van der Waals surface area contributed by atoms with Crippen LogP contribution in [-0.2, 0) is 10.0 Å². The number of sulfonamides is 1. The molecular weight excluding hydrogens is 430 g/mol. The van der Waals surface area contributed by atoms with E-state index in [2.05, 4.69) is 36.6 Å². The van der Waals surface area contributed by atoms with Crippen molar-refractivity contribution in [1.29, 1.82) is 0 Å². The van der Waals surface area contributed by atoms with Gasteiger partial charge in [-0.3, -0.25) is 4.72 Å². The summed E-state index contributed by atoms with van der Waals surface area (Å²) in [6.45, 7) is 0. The van der Waals surface area contributed by atoms with Gasteiger partial charge in [-0.2, -0.15) is 0 Å². The van der Waals surface area contributed by atoms with E-state index in [1.54, 1.807) is 30.3 Å². The molecule has 0 amide bonds. The summed E-state index contributed by atoms with van der Waals surface area (Å²) in [5, 5.41) is 1.79. The molecule has 3 aromatic rings. The molecule has 3 rings (SSSR count). The molecule has 6 heteroatoms. The van der Waals surface area contributed by atoms with Crippen LogP contribution in [0.5, 0.6) is 0 Å². The summed E-state index contributed by atoms with van der Waals surface area (Å²) >= 11 is 6.76. The normalized spacial score (nSPS) is 11.5. The summed E-state index contributed by atoms with van der Waals surface area (Å²) in [5.74, 6) is 0. The third-order valence-electron chi connectivity index (χ3n) is 3.24. The highest BCUT2D eigenvalue weighted by Gasteiger charge is 2.18. The Hall–Kier alpha value is -1.37.